The molecule has 0 aliphatic carbocycles. The fourth-order valence-electron chi connectivity index (χ4n) is 1.72. The number of halogens is 1. The smallest absolute Gasteiger partial charge is 0.243 e. The van der Waals surface area contributed by atoms with E-state index in [1.54, 1.807) is 19.2 Å². The van der Waals surface area contributed by atoms with Crippen molar-refractivity contribution in [3.63, 3.8) is 0 Å². The molecule has 2 N–H and O–H groups in total. The van der Waals surface area contributed by atoms with Gasteiger partial charge >= 0.3 is 0 Å². The lowest BCUT2D eigenvalue weighted by molar-refractivity contribution is 0.552. The van der Waals surface area contributed by atoms with Crippen molar-refractivity contribution < 1.29 is 17.2 Å². The Hall–Kier alpha value is -1.70. The molecule has 0 saturated carbocycles. The highest BCUT2D eigenvalue weighted by molar-refractivity contribution is 7.89. The summed E-state index contributed by atoms with van der Waals surface area (Å²) >= 11 is 0. The van der Waals surface area contributed by atoms with E-state index in [1.807, 2.05) is 0 Å². The van der Waals surface area contributed by atoms with E-state index in [2.05, 4.69) is 10.0 Å². The van der Waals surface area contributed by atoms with Gasteiger partial charge in [-0.3, -0.25) is 0 Å². The van der Waals surface area contributed by atoms with E-state index in [9.17, 15) is 12.8 Å². The van der Waals surface area contributed by atoms with Gasteiger partial charge in [0.05, 0.1) is 12.5 Å². The first kappa shape index (κ1) is 14.7. The first-order chi connectivity index (χ1) is 9.53. The highest BCUT2D eigenvalue weighted by Crippen LogP contribution is 2.17. The number of furan rings is 1. The molecule has 1 aromatic heterocycles. The average Bonchev–Trinajstić information content (AvgIpc) is 2.92. The third kappa shape index (κ3) is 3.44. The summed E-state index contributed by atoms with van der Waals surface area (Å²) in [5.41, 5.74) is 1.36. The minimum atomic E-state index is -3.90. The molecule has 0 radical (unpaired) electrons. The Morgan fingerprint density at radius 2 is 2.00 bits per heavy atom. The van der Waals surface area contributed by atoms with Crippen LogP contribution in [0.15, 0.2) is 46.1 Å². The molecule has 20 heavy (non-hydrogen) atoms. The van der Waals surface area contributed by atoms with E-state index in [0.717, 1.165) is 6.07 Å². The molecule has 7 heteroatoms. The lowest BCUT2D eigenvalue weighted by Gasteiger charge is -2.09. The first-order valence-corrected chi connectivity index (χ1v) is 7.45. The fourth-order valence-corrected chi connectivity index (χ4v) is 2.86. The van der Waals surface area contributed by atoms with Gasteiger partial charge in [0.1, 0.15) is 10.7 Å². The summed E-state index contributed by atoms with van der Waals surface area (Å²) in [6.07, 6.45) is 2.87. The van der Waals surface area contributed by atoms with Gasteiger partial charge in [-0.15, -0.1) is 0 Å². The SMILES string of the molecule is CNCc1ccc(F)c(S(=O)(=O)NCc2ccoc2)c1. The van der Waals surface area contributed by atoms with Gasteiger partial charge in [-0.05, 0) is 30.8 Å². The normalized spacial score (nSPS) is 11.7. The van der Waals surface area contributed by atoms with Crippen molar-refractivity contribution in [2.24, 2.45) is 0 Å². The van der Waals surface area contributed by atoms with Crippen LogP contribution in [0.2, 0.25) is 0 Å². The lowest BCUT2D eigenvalue weighted by atomic mass is 10.2. The van der Waals surface area contributed by atoms with Gasteiger partial charge in [0.2, 0.25) is 10.0 Å². The van der Waals surface area contributed by atoms with Gasteiger partial charge in [0.25, 0.3) is 0 Å². The predicted molar refractivity (Wildman–Crippen MR) is 71.9 cm³/mol. The van der Waals surface area contributed by atoms with Crippen LogP contribution in [-0.4, -0.2) is 15.5 Å². The Morgan fingerprint density at radius 3 is 2.65 bits per heavy atom. The van der Waals surface area contributed by atoms with Crippen LogP contribution in [0.5, 0.6) is 0 Å². The average molecular weight is 298 g/mol. The predicted octanol–water partition coefficient (Wildman–Crippen LogP) is 1.62. The zero-order valence-corrected chi connectivity index (χ0v) is 11.7. The maximum absolute atomic E-state index is 13.7. The van der Waals surface area contributed by atoms with Crippen LogP contribution in [0.1, 0.15) is 11.1 Å². The van der Waals surface area contributed by atoms with Crippen molar-refractivity contribution in [1.82, 2.24) is 10.0 Å². The summed E-state index contributed by atoms with van der Waals surface area (Å²) in [6, 6.07) is 5.65. The van der Waals surface area contributed by atoms with E-state index < -0.39 is 15.8 Å². The van der Waals surface area contributed by atoms with E-state index in [1.165, 1.54) is 18.6 Å². The second kappa shape index (κ2) is 6.17. The third-order valence-corrected chi connectivity index (χ3v) is 4.13. The highest BCUT2D eigenvalue weighted by atomic mass is 32.2. The van der Waals surface area contributed by atoms with Crippen LogP contribution < -0.4 is 10.0 Å². The molecule has 0 aliphatic heterocycles. The fraction of sp³-hybridized carbons (Fsp3) is 0.231. The lowest BCUT2D eigenvalue weighted by Crippen LogP contribution is -2.24. The van der Waals surface area contributed by atoms with Crippen molar-refractivity contribution >= 4 is 10.0 Å². The van der Waals surface area contributed by atoms with Crippen LogP contribution >= 0.6 is 0 Å². The number of sulfonamides is 1. The van der Waals surface area contributed by atoms with Crippen molar-refractivity contribution in [2.45, 2.75) is 18.0 Å². The Kier molecular flexibility index (Phi) is 4.53. The standard InChI is InChI=1S/C13H15FN2O3S/c1-15-7-10-2-3-12(14)13(6-10)20(17,18)16-8-11-4-5-19-9-11/h2-6,9,15-16H,7-8H2,1H3. The molecule has 0 unspecified atom stereocenters. The molecule has 1 aromatic carbocycles. The Morgan fingerprint density at radius 1 is 1.20 bits per heavy atom. The molecule has 0 bridgehead atoms. The maximum Gasteiger partial charge on any atom is 0.243 e. The Labute approximate surface area is 116 Å². The molecule has 0 fully saturated rings. The molecule has 2 aromatic rings. The monoisotopic (exact) mass is 298 g/mol. The van der Waals surface area contributed by atoms with Gasteiger partial charge in [0, 0.05) is 18.7 Å². The molecule has 5 nitrogen and oxygen atoms in total. The summed E-state index contributed by atoms with van der Waals surface area (Å²) in [4.78, 5) is -0.353. The zero-order chi connectivity index (χ0) is 14.6. The molecule has 0 aliphatic rings. The van der Waals surface area contributed by atoms with E-state index in [4.69, 9.17) is 4.42 Å². The van der Waals surface area contributed by atoms with Crippen molar-refractivity contribution in [1.29, 1.82) is 0 Å². The number of hydrogen-bond acceptors (Lipinski definition) is 4. The molecule has 1 heterocycles. The third-order valence-electron chi connectivity index (χ3n) is 2.71. The number of benzene rings is 1. The van der Waals surface area contributed by atoms with Crippen LogP contribution in [0, 0.1) is 5.82 Å². The summed E-state index contributed by atoms with van der Waals surface area (Å²) in [5.74, 6) is -0.774. The Balaban J connectivity index is 2.21. The van der Waals surface area contributed by atoms with Crippen LogP contribution in [-0.2, 0) is 23.1 Å². The molecule has 0 saturated heterocycles. The molecule has 2 rings (SSSR count). The molecule has 0 amide bonds. The van der Waals surface area contributed by atoms with Gasteiger partial charge < -0.3 is 9.73 Å². The molecular formula is C13H15FN2O3S. The molecular weight excluding hydrogens is 283 g/mol. The molecule has 0 spiro atoms. The quantitative estimate of drug-likeness (QED) is 0.850. The molecule has 108 valence electrons. The number of nitrogens with one attached hydrogen (secondary N) is 2. The number of hydrogen-bond donors (Lipinski definition) is 2. The second-order valence-electron chi connectivity index (χ2n) is 4.25. The van der Waals surface area contributed by atoms with Crippen molar-refractivity contribution in [3.05, 3.63) is 53.7 Å². The maximum atomic E-state index is 13.7. The van der Waals surface area contributed by atoms with E-state index >= 15 is 0 Å². The summed E-state index contributed by atoms with van der Waals surface area (Å²) < 4.78 is 45.1. The van der Waals surface area contributed by atoms with Crippen molar-refractivity contribution in [2.75, 3.05) is 7.05 Å². The topological polar surface area (TPSA) is 71.3 Å². The summed E-state index contributed by atoms with van der Waals surface area (Å²) in [5, 5.41) is 2.89. The Bertz CT molecular complexity index is 669. The largest absolute Gasteiger partial charge is 0.472 e. The first-order valence-electron chi connectivity index (χ1n) is 5.96. The van der Waals surface area contributed by atoms with Crippen LogP contribution in [0.25, 0.3) is 0 Å². The van der Waals surface area contributed by atoms with Gasteiger partial charge in [0.15, 0.2) is 0 Å². The van der Waals surface area contributed by atoms with Gasteiger partial charge in [-0.25, -0.2) is 17.5 Å². The van der Waals surface area contributed by atoms with E-state index in [-0.39, 0.29) is 11.4 Å². The van der Waals surface area contributed by atoms with Gasteiger partial charge in [-0.1, -0.05) is 6.07 Å². The van der Waals surface area contributed by atoms with E-state index in [0.29, 0.717) is 17.7 Å². The minimum Gasteiger partial charge on any atom is -0.472 e. The summed E-state index contributed by atoms with van der Waals surface area (Å²) in [7, 11) is -2.17. The summed E-state index contributed by atoms with van der Waals surface area (Å²) in [6.45, 7) is 0.513. The van der Waals surface area contributed by atoms with Crippen LogP contribution in [0.3, 0.4) is 0 Å². The number of rotatable bonds is 6. The highest BCUT2D eigenvalue weighted by Gasteiger charge is 2.19. The van der Waals surface area contributed by atoms with Crippen LogP contribution in [0.4, 0.5) is 4.39 Å². The molecule has 0 atom stereocenters. The second-order valence-corrected chi connectivity index (χ2v) is 5.99. The van der Waals surface area contributed by atoms with Gasteiger partial charge in [-0.2, -0.15) is 0 Å². The zero-order valence-electron chi connectivity index (χ0n) is 10.9. The minimum absolute atomic E-state index is 0.0501. The van der Waals surface area contributed by atoms with Crippen molar-refractivity contribution in [3.8, 4) is 0 Å².